The zero-order valence-corrected chi connectivity index (χ0v) is 27.0. The summed E-state index contributed by atoms with van der Waals surface area (Å²) >= 11 is 1.39. The van der Waals surface area contributed by atoms with E-state index in [0.29, 0.717) is 30.8 Å². The van der Waals surface area contributed by atoms with Gasteiger partial charge < -0.3 is 15.4 Å². The smallest absolute Gasteiger partial charge is 0.325 e. The monoisotopic (exact) mass is 632 g/mol. The van der Waals surface area contributed by atoms with E-state index in [0.717, 1.165) is 16.5 Å². The molecular formula is C33H40N6O5S. The normalized spacial score (nSPS) is 24.8. The van der Waals surface area contributed by atoms with E-state index in [1.807, 2.05) is 55.6 Å². The lowest BCUT2D eigenvalue weighted by molar-refractivity contribution is -0.157. The number of carbonyl (C=O) groups is 4. The van der Waals surface area contributed by atoms with Gasteiger partial charge in [-0.05, 0) is 57.2 Å². The fraction of sp³-hybridized carbons (Fsp3) is 0.455. The standard InChI is InChI=1S/C33H40N6O5S/c1-19(2)28-29(40)36-27(16-23-17-45-18-34-23)30(41)39-14-6-7-25(38-39)31(42)44-20(3)24-11-10-22-9-8-21(15-26(22)35-24)12-13-33(4,5)32(43)37-28/h8-13,15,17-20,25,27-28,38H,6-7,14,16H2,1-5H3,(H,36,40)(H,37,43)/t20-,25+,27+,28+/m1/s1. The molecule has 238 valence electrons. The van der Waals surface area contributed by atoms with Gasteiger partial charge in [0, 0.05) is 23.7 Å². The summed E-state index contributed by atoms with van der Waals surface area (Å²) in [6, 6.07) is 6.94. The molecule has 5 bridgehead atoms. The summed E-state index contributed by atoms with van der Waals surface area (Å²) in [7, 11) is 0. The van der Waals surface area contributed by atoms with Crippen LogP contribution in [0.2, 0.25) is 0 Å². The topological polar surface area (TPSA) is 143 Å². The number of hydrazine groups is 1. The van der Waals surface area contributed by atoms with Crippen molar-refractivity contribution in [2.45, 2.75) is 78.1 Å². The highest BCUT2D eigenvalue weighted by molar-refractivity contribution is 7.07. The molecule has 3 aromatic rings. The zero-order valence-electron chi connectivity index (χ0n) is 26.2. The van der Waals surface area contributed by atoms with Crippen LogP contribution in [-0.4, -0.2) is 63.3 Å². The number of benzene rings is 1. The van der Waals surface area contributed by atoms with Crippen LogP contribution in [0.4, 0.5) is 0 Å². The van der Waals surface area contributed by atoms with Crippen molar-refractivity contribution in [1.29, 1.82) is 0 Å². The molecular weight excluding hydrogens is 592 g/mol. The number of fused-ring (bicyclic) bond motifs is 4. The number of esters is 1. The maximum Gasteiger partial charge on any atom is 0.325 e. The van der Waals surface area contributed by atoms with Crippen LogP contribution in [0.5, 0.6) is 0 Å². The first-order valence-electron chi connectivity index (χ1n) is 15.3. The number of hydrogen-bond donors (Lipinski definition) is 3. The van der Waals surface area contributed by atoms with Crippen LogP contribution in [-0.2, 0) is 30.3 Å². The van der Waals surface area contributed by atoms with Gasteiger partial charge in [-0.3, -0.25) is 24.2 Å². The molecule has 0 spiro atoms. The number of carbonyl (C=O) groups excluding carboxylic acids is 4. The molecule has 12 heteroatoms. The van der Waals surface area contributed by atoms with Crippen LogP contribution in [0.15, 0.2) is 47.3 Å². The van der Waals surface area contributed by atoms with Crippen LogP contribution >= 0.6 is 11.3 Å². The van der Waals surface area contributed by atoms with Crippen molar-refractivity contribution in [1.82, 2.24) is 31.0 Å². The molecule has 11 nitrogen and oxygen atoms in total. The Bertz CT molecular complexity index is 1600. The van der Waals surface area contributed by atoms with Crippen LogP contribution in [0, 0.1) is 11.3 Å². The second-order valence-electron chi connectivity index (χ2n) is 12.6. The van der Waals surface area contributed by atoms with E-state index in [9.17, 15) is 19.2 Å². The number of amides is 3. The maximum atomic E-state index is 13.9. The van der Waals surface area contributed by atoms with Crippen LogP contribution in [0.25, 0.3) is 17.0 Å². The van der Waals surface area contributed by atoms with E-state index in [1.54, 1.807) is 32.4 Å². The van der Waals surface area contributed by atoms with E-state index in [-0.39, 0.29) is 18.2 Å². The summed E-state index contributed by atoms with van der Waals surface area (Å²) < 4.78 is 5.82. The van der Waals surface area contributed by atoms with Gasteiger partial charge in [-0.25, -0.2) is 15.4 Å². The third kappa shape index (κ3) is 7.56. The van der Waals surface area contributed by atoms with Gasteiger partial charge in [0.05, 0.1) is 27.8 Å². The summed E-state index contributed by atoms with van der Waals surface area (Å²) in [5, 5.41) is 9.92. The first kappa shape index (κ1) is 32.2. The van der Waals surface area contributed by atoms with Crippen LogP contribution in [0.3, 0.4) is 0 Å². The molecule has 4 atom stereocenters. The summed E-state index contributed by atoms with van der Waals surface area (Å²) in [6.07, 6.45) is 4.22. The number of thiazole rings is 1. The number of nitrogens with one attached hydrogen (secondary N) is 3. The molecule has 2 aliphatic rings. The number of aromatic nitrogens is 2. The first-order valence-corrected chi connectivity index (χ1v) is 16.2. The fourth-order valence-corrected chi connectivity index (χ4v) is 5.92. The number of nitrogens with zero attached hydrogens (tertiary/aromatic N) is 3. The van der Waals surface area contributed by atoms with Crippen molar-refractivity contribution < 1.29 is 23.9 Å². The first-order chi connectivity index (χ1) is 21.4. The Morgan fingerprint density at radius 3 is 2.62 bits per heavy atom. The minimum atomic E-state index is -0.983. The van der Waals surface area contributed by atoms with Gasteiger partial charge in [-0.1, -0.05) is 44.2 Å². The van der Waals surface area contributed by atoms with Gasteiger partial charge in [0.2, 0.25) is 11.8 Å². The molecule has 2 aromatic heterocycles. The maximum absolute atomic E-state index is 13.9. The van der Waals surface area contributed by atoms with E-state index in [1.165, 1.54) is 16.3 Å². The van der Waals surface area contributed by atoms with E-state index < -0.39 is 47.4 Å². The number of cyclic esters (lactones) is 1. The van der Waals surface area contributed by atoms with E-state index in [4.69, 9.17) is 9.72 Å². The number of rotatable bonds is 3. The predicted molar refractivity (Wildman–Crippen MR) is 171 cm³/mol. The van der Waals surface area contributed by atoms with E-state index >= 15 is 0 Å². The molecule has 0 saturated carbocycles. The van der Waals surface area contributed by atoms with Crippen LogP contribution < -0.4 is 16.1 Å². The molecule has 0 radical (unpaired) electrons. The molecule has 1 aromatic carbocycles. The van der Waals surface area contributed by atoms with Crippen molar-refractivity contribution in [3.8, 4) is 0 Å². The largest absolute Gasteiger partial charge is 0.455 e. The molecule has 2 aliphatic heterocycles. The highest BCUT2D eigenvalue weighted by atomic mass is 32.1. The Labute approximate surface area is 266 Å². The SMILES string of the molecule is CC(C)[C@@H]1NC(=O)C(C)(C)C=Cc2ccc3ccc(nc3c2)[C@@H](C)OC(=O)[C@@H]2CCCN(N2)C(=O)[C@H](Cc2cscn2)NC1=O. The molecule has 45 heavy (non-hydrogen) atoms. The lowest BCUT2D eigenvalue weighted by atomic mass is 9.89. The second-order valence-corrected chi connectivity index (χ2v) is 13.3. The third-order valence-corrected chi connectivity index (χ3v) is 8.84. The molecule has 0 aliphatic carbocycles. The van der Waals surface area contributed by atoms with Crippen molar-refractivity contribution in [3.63, 3.8) is 0 Å². The summed E-state index contributed by atoms with van der Waals surface area (Å²) in [6.45, 7) is 9.36. The summed E-state index contributed by atoms with van der Waals surface area (Å²) in [5.41, 5.74) is 6.55. The Kier molecular flexibility index (Phi) is 9.64. The van der Waals surface area contributed by atoms with Gasteiger partial charge in [0.15, 0.2) is 0 Å². The lowest BCUT2D eigenvalue weighted by Crippen LogP contribution is -2.62. The Balaban J connectivity index is 1.51. The fourth-order valence-electron chi connectivity index (χ4n) is 5.35. The van der Waals surface area contributed by atoms with Gasteiger partial charge in [0.25, 0.3) is 5.91 Å². The highest BCUT2D eigenvalue weighted by Crippen LogP contribution is 2.25. The number of hydrogen-bond acceptors (Lipinski definition) is 9. The van der Waals surface area contributed by atoms with Crippen molar-refractivity contribution in [3.05, 3.63) is 64.2 Å². The second kappa shape index (κ2) is 13.5. The minimum Gasteiger partial charge on any atom is -0.455 e. The van der Waals surface area contributed by atoms with E-state index in [2.05, 4.69) is 21.0 Å². The zero-order chi connectivity index (χ0) is 32.3. The predicted octanol–water partition coefficient (Wildman–Crippen LogP) is 3.71. The molecule has 0 unspecified atom stereocenters. The van der Waals surface area contributed by atoms with Crippen molar-refractivity contribution in [2.75, 3.05) is 6.54 Å². The van der Waals surface area contributed by atoms with Gasteiger partial charge >= 0.3 is 5.97 Å². The average molecular weight is 633 g/mol. The molecule has 1 fully saturated rings. The third-order valence-electron chi connectivity index (χ3n) is 8.21. The number of ether oxygens (including phenoxy) is 1. The average Bonchev–Trinajstić information content (AvgIpc) is 3.54. The van der Waals surface area contributed by atoms with Gasteiger partial charge in [-0.2, -0.15) is 0 Å². The Hall–Kier alpha value is -4.16. The molecule has 3 N–H and O–H groups in total. The Morgan fingerprint density at radius 1 is 1.11 bits per heavy atom. The lowest BCUT2D eigenvalue weighted by Gasteiger charge is -2.35. The minimum absolute atomic E-state index is 0.151. The Morgan fingerprint density at radius 2 is 1.89 bits per heavy atom. The van der Waals surface area contributed by atoms with Crippen LogP contribution in [0.1, 0.15) is 70.5 Å². The summed E-state index contributed by atoms with van der Waals surface area (Å²) in [4.78, 5) is 63.5. The summed E-state index contributed by atoms with van der Waals surface area (Å²) in [5.74, 6) is -1.96. The van der Waals surface area contributed by atoms with Crippen molar-refractivity contribution >= 4 is 52.0 Å². The quantitative estimate of drug-likeness (QED) is 0.371. The highest BCUT2D eigenvalue weighted by Gasteiger charge is 2.37. The molecule has 4 heterocycles. The molecule has 1 saturated heterocycles. The molecule has 3 amide bonds. The van der Waals surface area contributed by atoms with Gasteiger partial charge in [0.1, 0.15) is 24.2 Å². The van der Waals surface area contributed by atoms with Crippen molar-refractivity contribution in [2.24, 2.45) is 11.3 Å². The number of pyridine rings is 1. The van der Waals surface area contributed by atoms with Gasteiger partial charge in [-0.15, -0.1) is 11.3 Å². The molecule has 5 rings (SSSR count).